The second-order valence-electron chi connectivity index (χ2n) is 3.82. The SMILES string of the molecule is CCC1C[CH]C(C)C(C)C1. The average molecular weight is 139 g/mol. The van der Waals surface area contributed by atoms with Gasteiger partial charge in [-0.05, 0) is 37.0 Å². The first-order valence-electron chi connectivity index (χ1n) is 4.57. The van der Waals surface area contributed by atoms with Gasteiger partial charge in [-0.25, -0.2) is 0 Å². The molecule has 0 aromatic rings. The molecule has 0 amide bonds. The molecule has 0 nitrogen and oxygen atoms in total. The van der Waals surface area contributed by atoms with Crippen LogP contribution in [0.15, 0.2) is 0 Å². The van der Waals surface area contributed by atoms with Crippen molar-refractivity contribution in [3.8, 4) is 0 Å². The Morgan fingerprint density at radius 1 is 1.40 bits per heavy atom. The van der Waals surface area contributed by atoms with Gasteiger partial charge in [0.25, 0.3) is 0 Å². The third kappa shape index (κ3) is 1.74. The van der Waals surface area contributed by atoms with Gasteiger partial charge in [0.1, 0.15) is 0 Å². The van der Waals surface area contributed by atoms with E-state index in [0.29, 0.717) is 0 Å². The summed E-state index contributed by atoms with van der Waals surface area (Å²) in [7, 11) is 0. The summed E-state index contributed by atoms with van der Waals surface area (Å²) in [6, 6.07) is 0. The zero-order chi connectivity index (χ0) is 7.56. The predicted molar refractivity (Wildman–Crippen MR) is 45.6 cm³/mol. The van der Waals surface area contributed by atoms with Crippen LogP contribution < -0.4 is 0 Å². The van der Waals surface area contributed by atoms with Crippen LogP contribution in [0.2, 0.25) is 0 Å². The highest BCUT2D eigenvalue weighted by Crippen LogP contribution is 2.33. The minimum absolute atomic E-state index is 0.864. The molecule has 0 N–H and O–H groups in total. The Hall–Kier alpha value is 0. The van der Waals surface area contributed by atoms with Crippen molar-refractivity contribution >= 4 is 0 Å². The fourth-order valence-electron chi connectivity index (χ4n) is 1.81. The van der Waals surface area contributed by atoms with E-state index in [-0.39, 0.29) is 0 Å². The fourth-order valence-corrected chi connectivity index (χ4v) is 1.81. The second kappa shape index (κ2) is 3.41. The van der Waals surface area contributed by atoms with Gasteiger partial charge in [-0.15, -0.1) is 0 Å². The minimum atomic E-state index is 0.864. The molecule has 3 atom stereocenters. The van der Waals surface area contributed by atoms with Gasteiger partial charge >= 0.3 is 0 Å². The van der Waals surface area contributed by atoms with Gasteiger partial charge in [0.05, 0.1) is 0 Å². The average Bonchev–Trinajstić information content (AvgIpc) is 1.95. The number of hydrogen-bond acceptors (Lipinski definition) is 0. The van der Waals surface area contributed by atoms with E-state index in [0.717, 1.165) is 17.8 Å². The van der Waals surface area contributed by atoms with Gasteiger partial charge in [-0.2, -0.15) is 0 Å². The smallest absolute Gasteiger partial charge is 0.0352 e. The summed E-state index contributed by atoms with van der Waals surface area (Å²) in [4.78, 5) is 0. The lowest BCUT2D eigenvalue weighted by Gasteiger charge is -2.31. The molecule has 1 aliphatic carbocycles. The standard InChI is InChI=1S/C10H19/c1-4-10-6-5-8(2)9(3)7-10/h5,8-10H,4,6-7H2,1-3H3. The van der Waals surface area contributed by atoms with Crippen molar-refractivity contribution in [3.63, 3.8) is 0 Å². The van der Waals surface area contributed by atoms with Crippen LogP contribution in [-0.2, 0) is 0 Å². The Bertz CT molecular complexity index is 96.2. The highest BCUT2D eigenvalue weighted by Gasteiger charge is 2.22. The van der Waals surface area contributed by atoms with E-state index in [9.17, 15) is 0 Å². The van der Waals surface area contributed by atoms with Crippen LogP contribution in [0.1, 0.15) is 40.0 Å². The number of hydrogen-bond donors (Lipinski definition) is 0. The van der Waals surface area contributed by atoms with Gasteiger partial charge in [-0.1, -0.05) is 27.2 Å². The van der Waals surface area contributed by atoms with E-state index < -0.39 is 0 Å². The third-order valence-corrected chi connectivity index (χ3v) is 3.02. The van der Waals surface area contributed by atoms with Crippen LogP contribution in [-0.4, -0.2) is 0 Å². The maximum Gasteiger partial charge on any atom is -0.0352 e. The van der Waals surface area contributed by atoms with Crippen LogP contribution in [0.5, 0.6) is 0 Å². The third-order valence-electron chi connectivity index (χ3n) is 3.02. The molecule has 0 aromatic heterocycles. The van der Waals surface area contributed by atoms with E-state index in [1.54, 1.807) is 0 Å². The lowest BCUT2D eigenvalue weighted by molar-refractivity contribution is 0.260. The van der Waals surface area contributed by atoms with Gasteiger partial charge in [0.2, 0.25) is 0 Å². The Kier molecular flexibility index (Phi) is 2.76. The molecule has 0 saturated heterocycles. The molecule has 1 rings (SSSR count). The van der Waals surface area contributed by atoms with E-state index in [1.165, 1.54) is 19.3 Å². The molecule has 1 saturated carbocycles. The summed E-state index contributed by atoms with van der Waals surface area (Å²) in [6.45, 7) is 7.03. The predicted octanol–water partition coefficient (Wildman–Crippen LogP) is 3.28. The zero-order valence-electron chi connectivity index (χ0n) is 7.43. The summed E-state index contributed by atoms with van der Waals surface area (Å²) >= 11 is 0. The summed E-state index contributed by atoms with van der Waals surface area (Å²) in [5.41, 5.74) is 0. The Morgan fingerprint density at radius 3 is 2.60 bits per heavy atom. The highest BCUT2D eigenvalue weighted by molar-refractivity contribution is 4.86. The van der Waals surface area contributed by atoms with Gasteiger partial charge < -0.3 is 0 Å². The monoisotopic (exact) mass is 139 g/mol. The molecule has 0 aromatic carbocycles. The lowest BCUT2D eigenvalue weighted by Crippen LogP contribution is -2.20. The summed E-state index contributed by atoms with van der Waals surface area (Å²) in [5.74, 6) is 2.78. The first-order chi connectivity index (χ1) is 4.74. The molecule has 10 heavy (non-hydrogen) atoms. The quantitative estimate of drug-likeness (QED) is 0.523. The first-order valence-corrected chi connectivity index (χ1v) is 4.57. The molecule has 1 fully saturated rings. The van der Waals surface area contributed by atoms with E-state index in [4.69, 9.17) is 0 Å². The normalized spacial score (nSPS) is 41.7. The molecule has 1 aliphatic rings. The van der Waals surface area contributed by atoms with E-state index >= 15 is 0 Å². The largest absolute Gasteiger partial charge is 0.0651 e. The van der Waals surface area contributed by atoms with E-state index in [1.807, 2.05) is 0 Å². The van der Waals surface area contributed by atoms with Crippen molar-refractivity contribution in [1.82, 2.24) is 0 Å². The topological polar surface area (TPSA) is 0 Å². The molecule has 0 bridgehead atoms. The molecule has 3 unspecified atom stereocenters. The fraction of sp³-hybridized carbons (Fsp3) is 0.900. The number of rotatable bonds is 1. The van der Waals surface area contributed by atoms with Crippen LogP contribution in [0.4, 0.5) is 0 Å². The van der Waals surface area contributed by atoms with Crippen molar-refractivity contribution in [1.29, 1.82) is 0 Å². The molecule has 0 heteroatoms. The Labute approximate surface area is 65.0 Å². The molecule has 0 aliphatic heterocycles. The summed E-state index contributed by atoms with van der Waals surface area (Å²) in [5, 5.41) is 0. The van der Waals surface area contributed by atoms with Gasteiger partial charge in [0, 0.05) is 0 Å². The Morgan fingerprint density at radius 2 is 2.10 bits per heavy atom. The zero-order valence-corrected chi connectivity index (χ0v) is 7.43. The second-order valence-corrected chi connectivity index (χ2v) is 3.82. The Balaban J connectivity index is 2.33. The summed E-state index contributed by atoms with van der Waals surface area (Å²) in [6.07, 6.45) is 6.69. The summed E-state index contributed by atoms with van der Waals surface area (Å²) < 4.78 is 0. The molecule has 0 spiro atoms. The van der Waals surface area contributed by atoms with Crippen LogP contribution in [0.3, 0.4) is 0 Å². The maximum atomic E-state index is 2.50. The molecular formula is C10H19. The van der Waals surface area contributed by atoms with Crippen molar-refractivity contribution in [2.24, 2.45) is 17.8 Å². The highest BCUT2D eigenvalue weighted by atomic mass is 14.3. The molecule has 1 radical (unpaired) electrons. The van der Waals surface area contributed by atoms with Crippen molar-refractivity contribution in [2.75, 3.05) is 0 Å². The molecule has 59 valence electrons. The van der Waals surface area contributed by atoms with Gasteiger partial charge in [-0.3, -0.25) is 0 Å². The van der Waals surface area contributed by atoms with Crippen LogP contribution >= 0.6 is 0 Å². The molecule has 0 heterocycles. The minimum Gasteiger partial charge on any atom is -0.0651 e. The first kappa shape index (κ1) is 8.10. The van der Waals surface area contributed by atoms with Crippen molar-refractivity contribution in [3.05, 3.63) is 6.42 Å². The maximum absolute atomic E-state index is 2.50. The van der Waals surface area contributed by atoms with Crippen LogP contribution in [0.25, 0.3) is 0 Å². The van der Waals surface area contributed by atoms with Crippen molar-refractivity contribution in [2.45, 2.75) is 40.0 Å². The van der Waals surface area contributed by atoms with Crippen LogP contribution in [0, 0.1) is 24.2 Å². The van der Waals surface area contributed by atoms with Crippen molar-refractivity contribution < 1.29 is 0 Å². The van der Waals surface area contributed by atoms with E-state index in [2.05, 4.69) is 27.2 Å². The van der Waals surface area contributed by atoms with Gasteiger partial charge in [0.15, 0.2) is 0 Å². The lowest BCUT2D eigenvalue weighted by atomic mass is 9.75. The molecular weight excluding hydrogens is 120 g/mol.